The monoisotopic (exact) mass is 371 g/mol. The molecule has 1 N–H and O–H groups in total. The summed E-state index contributed by atoms with van der Waals surface area (Å²) in [5.74, 6) is 2.57. The molecule has 7 nitrogen and oxygen atoms in total. The van der Waals surface area contributed by atoms with Crippen molar-refractivity contribution in [2.75, 3.05) is 0 Å². The molecule has 3 atom stereocenters. The van der Waals surface area contributed by atoms with Gasteiger partial charge in [0.1, 0.15) is 11.9 Å². The first-order chi connectivity index (χ1) is 13.8. The van der Waals surface area contributed by atoms with Gasteiger partial charge in [-0.05, 0) is 49.3 Å². The normalized spacial score (nSPS) is 22.1. The van der Waals surface area contributed by atoms with E-state index >= 15 is 0 Å². The predicted octanol–water partition coefficient (Wildman–Crippen LogP) is 3.63. The fourth-order valence-corrected chi connectivity index (χ4v) is 4.72. The Labute approximate surface area is 162 Å². The Kier molecular flexibility index (Phi) is 4.05. The third kappa shape index (κ3) is 2.73. The summed E-state index contributed by atoms with van der Waals surface area (Å²) in [6.45, 7) is 2.26. The van der Waals surface area contributed by atoms with E-state index in [1.807, 2.05) is 24.4 Å². The van der Waals surface area contributed by atoms with E-state index in [1.54, 1.807) is 12.4 Å². The van der Waals surface area contributed by atoms with E-state index in [1.165, 1.54) is 6.42 Å². The lowest BCUT2D eigenvalue weighted by molar-refractivity contribution is 0.443. The molecule has 140 valence electrons. The summed E-state index contributed by atoms with van der Waals surface area (Å²) in [6, 6.07) is 8.00. The summed E-state index contributed by atoms with van der Waals surface area (Å²) in [7, 11) is 0. The lowest BCUT2D eigenvalue weighted by Crippen LogP contribution is -2.09. The van der Waals surface area contributed by atoms with Crippen molar-refractivity contribution in [1.29, 1.82) is 5.26 Å². The molecule has 1 saturated carbocycles. The van der Waals surface area contributed by atoms with Crippen LogP contribution < -0.4 is 0 Å². The molecule has 1 aliphatic carbocycles. The van der Waals surface area contributed by atoms with Crippen LogP contribution in [-0.2, 0) is 6.42 Å². The van der Waals surface area contributed by atoms with Crippen LogP contribution in [0.2, 0.25) is 0 Å². The average Bonchev–Trinajstić information content (AvgIpc) is 3.45. The van der Waals surface area contributed by atoms with E-state index in [0.717, 1.165) is 47.6 Å². The number of rotatable bonds is 4. The SMILES string of the molecule is CC[C@@H]1C[C@H](Cc2ccc(C#N)cn2)CC1c1nnc2cnc3[nH]ccc3n12. The van der Waals surface area contributed by atoms with Gasteiger partial charge in [-0.25, -0.2) is 4.98 Å². The number of nitrogens with one attached hydrogen (secondary N) is 1. The van der Waals surface area contributed by atoms with Gasteiger partial charge in [0.05, 0.1) is 17.3 Å². The van der Waals surface area contributed by atoms with E-state index in [9.17, 15) is 0 Å². The molecule has 4 aromatic rings. The molecule has 4 aromatic heterocycles. The van der Waals surface area contributed by atoms with Gasteiger partial charge in [0.2, 0.25) is 0 Å². The Morgan fingerprint density at radius 3 is 2.89 bits per heavy atom. The Bertz CT molecular complexity index is 1170. The van der Waals surface area contributed by atoms with Gasteiger partial charge in [0.25, 0.3) is 0 Å². The number of nitrogens with zero attached hydrogens (tertiary/aromatic N) is 6. The quantitative estimate of drug-likeness (QED) is 0.591. The number of aromatic amines is 1. The van der Waals surface area contributed by atoms with Crippen molar-refractivity contribution >= 4 is 16.8 Å². The lowest BCUT2D eigenvalue weighted by Gasteiger charge is -2.16. The first-order valence-corrected chi connectivity index (χ1v) is 9.79. The maximum Gasteiger partial charge on any atom is 0.179 e. The van der Waals surface area contributed by atoms with E-state index in [0.29, 0.717) is 23.3 Å². The molecule has 0 bridgehead atoms. The lowest BCUT2D eigenvalue weighted by atomic mass is 9.93. The molecule has 0 aliphatic heterocycles. The number of pyridine rings is 1. The summed E-state index contributed by atoms with van der Waals surface area (Å²) in [4.78, 5) is 12.1. The van der Waals surface area contributed by atoms with Crippen molar-refractivity contribution in [3.63, 3.8) is 0 Å². The molecule has 0 amide bonds. The number of hydrogen-bond donors (Lipinski definition) is 1. The fraction of sp³-hybridized carbons (Fsp3) is 0.381. The molecule has 0 radical (unpaired) electrons. The smallest absolute Gasteiger partial charge is 0.179 e. The van der Waals surface area contributed by atoms with E-state index in [2.05, 4.69) is 42.5 Å². The zero-order valence-corrected chi connectivity index (χ0v) is 15.7. The van der Waals surface area contributed by atoms with Gasteiger partial charge in [-0.3, -0.25) is 9.38 Å². The van der Waals surface area contributed by atoms with Crippen molar-refractivity contribution < 1.29 is 0 Å². The predicted molar refractivity (Wildman–Crippen MR) is 105 cm³/mol. The number of hydrogen-bond acceptors (Lipinski definition) is 5. The van der Waals surface area contributed by atoms with Gasteiger partial charge in [0, 0.05) is 24.0 Å². The highest BCUT2D eigenvalue weighted by Crippen LogP contribution is 2.45. The van der Waals surface area contributed by atoms with Crippen LogP contribution in [0.4, 0.5) is 0 Å². The van der Waals surface area contributed by atoms with Crippen LogP contribution in [0, 0.1) is 23.2 Å². The van der Waals surface area contributed by atoms with Crippen LogP contribution in [0.5, 0.6) is 0 Å². The van der Waals surface area contributed by atoms with Gasteiger partial charge >= 0.3 is 0 Å². The van der Waals surface area contributed by atoms with Gasteiger partial charge < -0.3 is 4.98 Å². The van der Waals surface area contributed by atoms with E-state index < -0.39 is 0 Å². The van der Waals surface area contributed by atoms with E-state index in [-0.39, 0.29) is 0 Å². The number of H-pyrrole nitrogens is 1. The Balaban J connectivity index is 1.46. The van der Waals surface area contributed by atoms with E-state index in [4.69, 9.17) is 5.26 Å². The molecule has 7 heteroatoms. The summed E-state index contributed by atoms with van der Waals surface area (Å²) in [5, 5.41) is 17.9. The highest BCUT2D eigenvalue weighted by Gasteiger charge is 2.37. The number of aromatic nitrogens is 6. The summed E-state index contributed by atoms with van der Waals surface area (Å²) < 4.78 is 2.16. The Morgan fingerprint density at radius 2 is 2.11 bits per heavy atom. The molecule has 0 spiro atoms. The fourth-order valence-electron chi connectivity index (χ4n) is 4.72. The van der Waals surface area contributed by atoms with Crippen molar-refractivity contribution in [2.24, 2.45) is 11.8 Å². The van der Waals surface area contributed by atoms with Gasteiger partial charge in [-0.1, -0.05) is 13.3 Å². The largest absolute Gasteiger partial charge is 0.345 e. The zero-order valence-electron chi connectivity index (χ0n) is 15.7. The van der Waals surface area contributed by atoms with Crippen LogP contribution >= 0.6 is 0 Å². The molecule has 4 heterocycles. The molecule has 28 heavy (non-hydrogen) atoms. The molecular weight excluding hydrogens is 350 g/mol. The van der Waals surface area contributed by atoms with Crippen molar-refractivity contribution in [3.8, 4) is 6.07 Å². The summed E-state index contributed by atoms with van der Waals surface area (Å²) in [5.41, 5.74) is 4.36. The summed E-state index contributed by atoms with van der Waals surface area (Å²) in [6.07, 6.45) is 9.67. The molecule has 1 unspecified atom stereocenters. The minimum atomic E-state index is 0.379. The minimum Gasteiger partial charge on any atom is -0.345 e. The van der Waals surface area contributed by atoms with Crippen LogP contribution in [0.25, 0.3) is 16.8 Å². The molecule has 0 aromatic carbocycles. The topological polar surface area (TPSA) is 95.5 Å². The molecule has 0 saturated heterocycles. The second kappa shape index (κ2) is 6.71. The van der Waals surface area contributed by atoms with Crippen LogP contribution in [0.3, 0.4) is 0 Å². The highest BCUT2D eigenvalue weighted by molar-refractivity contribution is 5.74. The van der Waals surface area contributed by atoms with Crippen LogP contribution in [0.15, 0.2) is 36.8 Å². The molecule has 5 rings (SSSR count). The first kappa shape index (κ1) is 16.9. The standard InChI is InChI=1S/C21H21N7/c1-2-15-7-14(8-16-4-3-13(10-22)11-24-16)9-17(15)21-27-26-19-12-25-20-18(28(19)21)5-6-23-20/h3-6,11-12,14-15,17,23H,2,7-9H2,1H3/t14-,15-,17?/m1/s1. The third-order valence-electron chi connectivity index (χ3n) is 6.07. The van der Waals surface area contributed by atoms with Gasteiger partial charge in [0.15, 0.2) is 11.3 Å². The Morgan fingerprint density at radius 1 is 1.18 bits per heavy atom. The zero-order chi connectivity index (χ0) is 19.1. The molecule has 1 aliphatic rings. The van der Waals surface area contributed by atoms with Crippen LogP contribution in [-0.4, -0.2) is 29.5 Å². The maximum absolute atomic E-state index is 8.95. The second-order valence-corrected chi connectivity index (χ2v) is 7.69. The van der Waals surface area contributed by atoms with Crippen molar-refractivity contribution in [3.05, 3.63) is 53.9 Å². The van der Waals surface area contributed by atoms with Crippen molar-refractivity contribution in [2.45, 2.75) is 38.5 Å². The van der Waals surface area contributed by atoms with Crippen LogP contribution in [0.1, 0.15) is 49.2 Å². The minimum absolute atomic E-state index is 0.379. The highest BCUT2D eigenvalue weighted by atomic mass is 15.3. The van der Waals surface area contributed by atoms with Gasteiger partial charge in [-0.15, -0.1) is 10.2 Å². The molecule has 1 fully saturated rings. The van der Waals surface area contributed by atoms with Gasteiger partial charge in [-0.2, -0.15) is 5.26 Å². The second-order valence-electron chi connectivity index (χ2n) is 7.69. The number of fused-ring (bicyclic) bond motifs is 3. The molecular formula is C21H21N7. The average molecular weight is 371 g/mol. The maximum atomic E-state index is 8.95. The third-order valence-corrected chi connectivity index (χ3v) is 6.07. The summed E-state index contributed by atoms with van der Waals surface area (Å²) >= 11 is 0. The van der Waals surface area contributed by atoms with Crippen molar-refractivity contribution in [1.82, 2.24) is 29.5 Å². The first-order valence-electron chi connectivity index (χ1n) is 9.79. The number of nitriles is 1. The Hall–Kier alpha value is -3.27.